The molecule has 0 aliphatic carbocycles. The van der Waals surface area contributed by atoms with Gasteiger partial charge in [0.15, 0.2) is 0 Å². The van der Waals surface area contributed by atoms with E-state index in [1.165, 1.54) is 18.3 Å². The summed E-state index contributed by atoms with van der Waals surface area (Å²) in [6.07, 6.45) is 1.43. The second kappa shape index (κ2) is 8.22. The molecule has 0 saturated heterocycles. The van der Waals surface area contributed by atoms with Gasteiger partial charge in [-0.3, -0.25) is 5.50 Å². The van der Waals surface area contributed by atoms with E-state index < -0.39 is 6.57 Å². The maximum atomic E-state index is 9.26. The van der Waals surface area contributed by atoms with E-state index in [-0.39, 0.29) is 15.8 Å². The fourth-order valence-corrected chi connectivity index (χ4v) is 3.53. The van der Waals surface area contributed by atoms with Gasteiger partial charge in [-0.2, -0.15) is 5.26 Å². The van der Waals surface area contributed by atoms with Crippen LogP contribution in [0.5, 0.6) is 5.75 Å². The monoisotopic (exact) mass is 417 g/mol. The topological polar surface area (TPSA) is 71.1 Å². The normalized spacial score (nSPS) is 13.7. The number of halogens is 3. The Morgan fingerprint density at radius 2 is 1.79 bits per heavy atom. The number of nitrogens with one attached hydrogen (secondary N) is 1. The summed E-state index contributed by atoms with van der Waals surface area (Å²) >= 11 is 23.1. The predicted octanol–water partition coefficient (Wildman–Crippen LogP) is 5.36. The summed E-state index contributed by atoms with van der Waals surface area (Å²) in [6.45, 7) is -2.99. The quantitative estimate of drug-likeness (QED) is 0.388. The number of rotatable bonds is 5. The van der Waals surface area contributed by atoms with Crippen molar-refractivity contribution in [2.24, 2.45) is 5.50 Å². The van der Waals surface area contributed by atoms with Gasteiger partial charge in [-0.25, -0.2) is 0 Å². The summed E-state index contributed by atoms with van der Waals surface area (Å²) in [6, 6.07) is 14.1. The van der Waals surface area contributed by atoms with Crippen LogP contribution in [-0.4, -0.2) is 0 Å². The largest absolute Gasteiger partial charge is 0.436 e. The molecule has 0 aliphatic rings. The third-order valence-electron chi connectivity index (χ3n) is 2.80. The summed E-state index contributed by atoms with van der Waals surface area (Å²) in [5.41, 5.74) is 7.10. The molecule has 0 aliphatic heterocycles. The average Bonchev–Trinajstić information content (AvgIpc) is 2.54. The molecule has 2 rings (SSSR count). The van der Waals surface area contributed by atoms with Gasteiger partial charge in [0, 0.05) is 12.3 Å². The Kier molecular flexibility index (Phi) is 6.54. The molecule has 3 N–H and O–H groups in total. The number of allylic oxidation sites excluding steroid dienone is 1. The number of hydrogen-bond acceptors (Lipinski definition) is 3. The first-order chi connectivity index (χ1) is 11.3. The molecule has 1 atom stereocenters. The highest BCUT2D eigenvalue weighted by Crippen LogP contribution is 2.42. The number of nitrogens with two attached hydrogens (primary N) is 1. The van der Waals surface area contributed by atoms with Crippen LogP contribution in [0, 0.1) is 11.3 Å². The van der Waals surface area contributed by atoms with E-state index >= 15 is 0 Å². The molecule has 124 valence electrons. The van der Waals surface area contributed by atoms with Gasteiger partial charge in [0.25, 0.3) is 6.57 Å². The standard InChI is InChI=1S/C15H11Cl3N3OPS/c16-12-6-14(18)15(7-13(12)17)22-23(20,24)21-9-11(8-19)10-4-2-1-3-5-10/h1-7,9H,(H3,20,21,24)/b11-9+. The van der Waals surface area contributed by atoms with E-state index in [0.717, 1.165) is 5.56 Å². The van der Waals surface area contributed by atoms with Gasteiger partial charge in [-0.15, -0.1) is 0 Å². The zero-order valence-corrected chi connectivity index (χ0v) is 16.0. The van der Waals surface area contributed by atoms with Crippen molar-refractivity contribution in [1.82, 2.24) is 5.09 Å². The van der Waals surface area contributed by atoms with E-state index in [4.69, 9.17) is 56.6 Å². The zero-order chi connectivity index (χ0) is 17.7. The van der Waals surface area contributed by atoms with Crippen molar-refractivity contribution in [3.05, 3.63) is 69.3 Å². The van der Waals surface area contributed by atoms with Crippen LogP contribution >= 0.6 is 41.4 Å². The molecule has 0 fully saturated rings. The van der Waals surface area contributed by atoms with Gasteiger partial charge in [-0.05, 0) is 23.4 Å². The first-order valence-corrected chi connectivity index (χ1v) is 10.4. The highest BCUT2D eigenvalue weighted by Gasteiger charge is 2.16. The first kappa shape index (κ1) is 19.1. The van der Waals surface area contributed by atoms with Crippen molar-refractivity contribution >= 4 is 58.7 Å². The highest BCUT2D eigenvalue weighted by atomic mass is 35.5. The van der Waals surface area contributed by atoms with Gasteiger partial charge in [0.2, 0.25) is 0 Å². The van der Waals surface area contributed by atoms with Crippen molar-refractivity contribution in [3.63, 3.8) is 0 Å². The van der Waals surface area contributed by atoms with E-state index in [0.29, 0.717) is 10.6 Å². The highest BCUT2D eigenvalue weighted by molar-refractivity contribution is 8.10. The molecule has 0 radical (unpaired) electrons. The number of benzene rings is 2. The molecule has 0 spiro atoms. The van der Waals surface area contributed by atoms with Crippen molar-refractivity contribution < 1.29 is 4.52 Å². The fraction of sp³-hybridized carbons (Fsp3) is 0. The molecule has 9 heteroatoms. The molecule has 0 aromatic heterocycles. The molecule has 2 aromatic rings. The Labute approximate surface area is 160 Å². The molecule has 0 bridgehead atoms. The predicted molar refractivity (Wildman–Crippen MR) is 104 cm³/mol. The van der Waals surface area contributed by atoms with Crippen LogP contribution in [0.3, 0.4) is 0 Å². The molecular formula is C15H11Cl3N3OPS. The molecule has 0 heterocycles. The zero-order valence-electron chi connectivity index (χ0n) is 12.0. The second-order valence-corrected chi connectivity index (χ2v) is 9.03. The summed E-state index contributed by atoms with van der Waals surface area (Å²) in [5.74, 6) is 0.219. The molecule has 24 heavy (non-hydrogen) atoms. The lowest BCUT2D eigenvalue weighted by atomic mass is 10.1. The lowest BCUT2D eigenvalue weighted by Gasteiger charge is -2.19. The fourth-order valence-electron chi connectivity index (χ4n) is 1.70. The van der Waals surface area contributed by atoms with Gasteiger partial charge >= 0.3 is 0 Å². The maximum absolute atomic E-state index is 9.26. The van der Waals surface area contributed by atoms with Crippen molar-refractivity contribution in [1.29, 1.82) is 5.26 Å². The molecule has 1 unspecified atom stereocenters. The molecule has 0 saturated carbocycles. The molecule has 4 nitrogen and oxygen atoms in total. The van der Waals surface area contributed by atoms with Crippen LogP contribution in [0.2, 0.25) is 15.1 Å². The number of nitrogens with zero attached hydrogens (tertiary/aromatic N) is 1. The van der Waals surface area contributed by atoms with Gasteiger partial charge in [-0.1, -0.05) is 65.1 Å². The third-order valence-corrected chi connectivity index (χ3v) is 5.32. The van der Waals surface area contributed by atoms with Gasteiger partial charge in [0.05, 0.1) is 20.6 Å². The average molecular weight is 419 g/mol. The van der Waals surface area contributed by atoms with E-state index in [1.807, 2.05) is 18.2 Å². The Balaban J connectivity index is 2.20. The van der Waals surface area contributed by atoms with Crippen molar-refractivity contribution in [3.8, 4) is 11.8 Å². The second-order valence-electron chi connectivity index (χ2n) is 4.55. The number of hydrogen-bond donors (Lipinski definition) is 2. The molecule has 0 amide bonds. The van der Waals surface area contributed by atoms with Gasteiger partial charge in [0.1, 0.15) is 11.8 Å². The number of nitriles is 1. The SMILES string of the molecule is N#C/C(=C\NP(N)(=S)Oc1cc(Cl)c(Cl)cc1Cl)c1ccccc1. The lowest BCUT2D eigenvalue weighted by molar-refractivity contribution is 0.605. The van der Waals surface area contributed by atoms with Gasteiger partial charge < -0.3 is 9.61 Å². The Hall–Kier alpha value is -1.25. The van der Waals surface area contributed by atoms with Crippen molar-refractivity contribution in [2.45, 2.75) is 0 Å². The summed E-state index contributed by atoms with van der Waals surface area (Å²) in [4.78, 5) is 0. The van der Waals surface area contributed by atoms with Crippen LogP contribution in [0.15, 0.2) is 48.7 Å². The van der Waals surface area contributed by atoms with E-state index in [1.54, 1.807) is 12.1 Å². The Morgan fingerprint density at radius 3 is 2.42 bits per heavy atom. The maximum Gasteiger partial charge on any atom is 0.270 e. The third kappa shape index (κ3) is 5.12. The Morgan fingerprint density at radius 1 is 1.17 bits per heavy atom. The van der Waals surface area contributed by atoms with Crippen LogP contribution in [0.1, 0.15) is 5.56 Å². The van der Waals surface area contributed by atoms with E-state index in [2.05, 4.69) is 11.2 Å². The lowest BCUT2D eigenvalue weighted by Crippen LogP contribution is -2.15. The minimum atomic E-state index is -2.99. The minimum Gasteiger partial charge on any atom is -0.436 e. The molecule has 2 aromatic carbocycles. The van der Waals surface area contributed by atoms with Crippen LogP contribution in [0.25, 0.3) is 5.57 Å². The summed E-state index contributed by atoms with van der Waals surface area (Å²) < 4.78 is 5.56. The Bertz CT molecular complexity index is 868. The first-order valence-electron chi connectivity index (χ1n) is 6.48. The van der Waals surface area contributed by atoms with Crippen LogP contribution in [-0.2, 0) is 11.8 Å². The van der Waals surface area contributed by atoms with Crippen LogP contribution in [0.4, 0.5) is 0 Å². The molecular weight excluding hydrogens is 408 g/mol. The minimum absolute atomic E-state index is 0.219. The van der Waals surface area contributed by atoms with E-state index in [9.17, 15) is 5.26 Å². The summed E-state index contributed by atoms with van der Waals surface area (Å²) in [5, 5.41) is 12.8. The van der Waals surface area contributed by atoms with Crippen LogP contribution < -0.4 is 15.1 Å². The summed E-state index contributed by atoms with van der Waals surface area (Å²) in [7, 11) is 0. The van der Waals surface area contributed by atoms with Crippen molar-refractivity contribution in [2.75, 3.05) is 0 Å². The smallest absolute Gasteiger partial charge is 0.270 e.